The first-order valence-corrected chi connectivity index (χ1v) is 12.4. The summed E-state index contributed by atoms with van der Waals surface area (Å²) in [5.74, 6) is -3.07. The fraction of sp³-hybridized carbons (Fsp3) is 0.481. The Labute approximate surface area is 231 Å². The van der Waals surface area contributed by atoms with Gasteiger partial charge in [-0.2, -0.15) is 0 Å². The summed E-state index contributed by atoms with van der Waals surface area (Å²) in [4.78, 5) is 37.3. The van der Waals surface area contributed by atoms with Crippen LogP contribution in [0.15, 0.2) is 36.5 Å². The molecule has 1 saturated heterocycles. The molecule has 1 unspecified atom stereocenters. The molecule has 0 radical (unpaired) electrons. The Morgan fingerprint density at radius 2 is 1.62 bits per heavy atom. The molecule has 1 aliphatic rings. The molecule has 0 amide bonds. The summed E-state index contributed by atoms with van der Waals surface area (Å²) in [7, 11) is 4.89. The molecule has 0 bridgehead atoms. The predicted molar refractivity (Wildman–Crippen MR) is 141 cm³/mol. The van der Waals surface area contributed by atoms with Crippen molar-refractivity contribution in [3.63, 3.8) is 0 Å². The molecule has 4 N–H and O–H groups in total. The summed E-state index contributed by atoms with van der Waals surface area (Å²) in [6, 6.07) is 10.0. The van der Waals surface area contributed by atoms with E-state index in [-0.39, 0.29) is 6.10 Å². The van der Waals surface area contributed by atoms with Gasteiger partial charge in [0, 0.05) is 32.4 Å². The number of nitrogens with zero attached hydrogens (tertiary/aromatic N) is 2. The number of carboxylic acid groups (broad SMARTS) is 3. The lowest BCUT2D eigenvalue weighted by Gasteiger charge is -2.25. The largest absolute Gasteiger partial charge is 0.493 e. The van der Waals surface area contributed by atoms with E-state index in [1.54, 1.807) is 21.3 Å². The first-order valence-electron chi connectivity index (χ1n) is 12.4. The average Bonchev–Trinajstić information content (AvgIpc) is 3.41. The van der Waals surface area contributed by atoms with E-state index in [1.165, 1.54) is 0 Å². The number of pyridine rings is 1. The van der Waals surface area contributed by atoms with Crippen LogP contribution in [0.1, 0.15) is 36.9 Å². The molecule has 0 spiro atoms. The van der Waals surface area contributed by atoms with E-state index >= 15 is 0 Å². The maximum Gasteiger partial charge on any atom is 0.336 e. The van der Waals surface area contributed by atoms with Gasteiger partial charge in [0.2, 0.25) is 5.75 Å². The topological polar surface area (TPSA) is 185 Å². The minimum Gasteiger partial charge on any atom is -0.493 e. The molecule has 220 valence electrons. The molecule has 13 nitrogen and oxygen atoms in total. The van der Waals surface area contributed by atoms with Gasteiger partial charge >= 0.3 is 17.9 Å². The van der Waals surface area contributed by atoms with Crippen molar-refractivity contribution >= 4 is 17.9 Å². The third kappa shape index (κ3) is 9.98. The molecule has 0 saturated carbocycles. The molecule has 1 atom stereocenters. The number of hydrogen-bond acceptors (Lipinski definition) is 10. The van der Waals surface area contributed by atoms with Crippen molar-refractivity contribution in [1.29, 1.82) is 0 Å². The SMILES string of the molecule is COc1cc(CN(Cc2ccccn2)CC2CCCO2)cc(OC)c1OC.O=C(O)CC(O)(CC(=O)O)C(=O)O. The lowest BCUT2D eigenvalue weighted by molar-refractivity contribution is -0.170. The van der Waals surface area contributed by atoms with Crippen LogP contribution in [-0.2, 0) is 32.2 Å². The van der Waals surface area contributed by atoms with Crippen molar-refractivity contribution in [2.45, 2.75) is 50.5 Å². The van der Waals surface area contributed by atoms with Gasteiger partial charge in [0.15, 0.2) is 17.1 Å². The maximum absolute atomic E-state index is 10.3. The van der Waals surface area contributed by atoms with E-state index < -0.39 is 36.4 Å². The summed E-state index contributed by atoms with van der Waals surface area (Å²) >= 11 is 0. The lowest BCUT2D eigenvalue weighted by Crippen LogP contribution is -2.42. The Kier molecular flexibility index (Phi) is 12.6. The molecule has 1 aromatic carbocycles. The number of aromatic nitrogens is 1. The number of ether oxygens (including phenoxy) is 4. The standard InChI is InChI=1S/C21H28N2O4.C6H8O7/c1-24-19-11-16(12-20(25-2)21(19)26-3)13-23(15-18-8-6-10-27-18)14-17-7-4-5-9-22-17;7-3(8)1-6(13,5(11)12)2-4(9)10/h4-5,7,9,11-12,18H,6,8,10,13-15H2,1-3H3;13H,1-2H2,(H,7,8)(H,9,10)(H,11,12). The van der Waals surface area contributed by atoms with Crippen molar-refractivity contribution < 1.29 is 53.8 Å². The lowest BCUT2D eigenvalue weighted by atomic mass is 9.96. The zero-order valence-corrected chi connectivity index (χ0v) is 22.7. The number of carbonyl (C=O) groups is 3. The van der Waals surface area contributed by atoms with Gasteiger partial charge in [-0.3, -0.25) is 19.5 Å². The van der Waals surface area contributed by atoms with E-state index in [4.69, 9.17) is 39.4 Å². The van der Waals surface area contributed by atoms with Crippen LogP contribution in [0.2, 0.25) is 0 Å². The fourth-order valence-corrected chi connectivity index (χ4v) is 4.18. The number of carboxylic acids is 3. The van der Waals surface area contributed by atoms with E-state index in [0.29, 0.717) is 17.2 Å². The molecule has 1 aliphatic heterocycles. The van der Waals surface area contributed by atoms with Gasteiger partial charge in [0.1, 0.15) is 0 Å². The molecule has 3 rings (SSSR count). The first-order chi connectivity index (χ1) is 19.0. The van der Waals surface area contributed by atoms with Gasteiger partial charge in [0.25, 0.3) is 0 Å². The average molecular weight is 565 g/mol. The van der Waals surface area contributed by atoms with Crippen LogP contribution in [-0.4, -0.2) is 94.4 Å². The Hall–Kier alpha value is -3.94. The molecule has 40 heavy (non-hydrogen) atoms. The second-order valence-corrected chi connectivity index (χ2v) is 9.14. The molecule has 0 aliphatic carbocycles. The van der Waals surface area contributed by atoms with Gasteiger partial charge in [-0.1, -0.05) is 6.07 Å². The number of aliphatic carboxylic acids is 3. The summed E-state index contributed by atoms with van der Waals surface area (Å²) in [6.45, 7) is 3.23. The van der Waals surface area contributed by atoms with Crippen molar-refractivity contribution in [3.05, 3.63) is 47.8 Å². The quantitative estimate of drug-likeness (QED) is 0.261. The minimum atomic E-state index is -2.74. The van der Waals surface area contributed by atoms with Crippen molar-refractivity contribution in [3.8, 4) is 17.2 Å². The summed E-state index contributed by atoms with van der Waals surface area (Å²) in [5, 5.41) is 33.8. The van der Waals surface area contributed by atoms with Crippen LogP contribution in [0.4, 0.5) is 0 Å². The third-order valence-corrected chi connectivity index (χ3v) is 6.01. The van der Waals surface area contributed by atoms with Crippen LogP contribution in [0.3, 0.4) is 0 Å². The van der Waals surface area contributed by atoms with E-state index in [1.807, 2.05) is 30.5 Å². The smallest absolute Gasteiger partial charge is 0.336 e. The molecular formula is C27H36N2O11. The summed E-state index contributed by atoms with van der Waals surface area (Å²) in [5.41, 5.74) is -0.598. The van der Waals surface area contributed by atoms with Gasteiger partial charge in [-0.25, -0.2) is 4.79 Å². The Balaban J connectivity index is 0.000000366. The summed E-state index contributed by atoms with van der Waals surface area (Å²) in [6.07, 6.45) is 2.05. The van der Waals surface area contributed by atoms with Gasteiger partial charge in [-0.05, 0) is 42.7 Å². The van der Waals surface area contributed by atoms with Gasteiger partial charge < -0.3 is 39.4 Å². The number of hydrogen-bond donors (Lipinski definition) is 4. The molecule has 2 heterocycles. The first kappa shape index (κ1) is 32.3. The minimum absolute atomic E-state index is 0.274. The highest BCUT2D eigenvalue weighted by Crippen LogP contribution is 2.38. The van der Waals surface area contributed by atoms with Crippen LogP contribution in [0, 0.1) is 0 Å². The number of benzene rings is 1. The highest BCUT2D eigenvalue weighted by Gasteiger charge is 2.40. The monoisotopic (exact) mass is 564 g/mol. The third-order valence-electron chi connectivity index (χ3n) is 6.01. The van der Waals surface area contributed by atoms with E-state index in [0.717, 1.165) is 50.3 Å². The zero-order chi connectivity index (χ0) is 29.7. The number of aliphatic hydroxyl groups is 1. The molecule has 13 heteroatoms. The second kappa shape index (κ2) is 15.6. The number of rotatable bonds is 14. The molecular weight excluding hydrogens is 528 g/mol. The van der Waals surface area contributed by atoms with Crippen LogP contribution in [0.25, 0.3) is 0 Å². The van der Waals surface area contributed by atoms with Crippen LogP contribution >= 0.6 is 0 Å². The predicted octanol–water partition coefficient (Wildman–Crippen LogP) is 2.04. The Bertz CT molecular complexity index is 1080. The molecule has 2 aromatic rings. The van der Waals surface area contributed by atoms with Gasteiger partial charge in [0.05, 0.1) is 46.0 Å². The second-order valence-electron chi connectivity index (χ2n) is 9.14. The normalized spacial score (nSPS) is 14.7. The molecule has 1 fully saturated rings. The summed E-state index contributed by atoms with van der Waals surface area (Å²) < 4.78 is 22.3. The van der Waals surface area contributed by atoms with E-state index in [2.05, 4.69) is 16.0 Å². The van der Waals surface area contributed by atoms with Crippen LogP contribution < -0.4 is 14.2 Å². The van der Waals surface area contributed by atoms with E-state index in [9.17, 15) is 14.4 Å². The van der Waals surface area contributed by atoms with Gasteiger partial charge in [-0.15, -0.1) is 0 Å². The fourth-order valence-electron chi connectivity index (χ4n) is 4.18. The highest BCUT2D eigenvalue weighted by molar-refractivity contribution is 5.88. The maximum atomic E-state index is 10.3. The molecule has 1 aromatic heterocycles. The van der Waals surface area contributed by atoms with Crippen molar-refractivity contribution in [2.24, 2.45) is 0 Å². The van der Waals surface area contributed by atoms with Crippen molar-refractivity contribution in [2.75, 3.05) is 34.5 Å². The van der Waals surface area contributed by atoms with Crippen LogP contribution in [0.5, 0.6) is 17.2 Å². The number of methoxy groups -OCH3 is 3. The highest BCUT2D eigenvalue weighted by atomic mass is 16.5. The Morgan fingerprint density at radius 3 is 2.05 bits per heavy atom. The zero-order valence-electron chi connectivity index (χ0n) is 22.7. The Morgan fingerprint density at radius 1 is 1.00 bits per heavy atom. The van der Waals surface area contributed by atoms with Crippen molar-refractivity contribution in [1.82, 2.24) is 9.88 Å².